The molecular weight excluding hydrogens is 468 g/mol. The van der Waals surface area contributed by atoms with E-state index in [4.69, 9.17) is 19.9 Å². The third-order valence-corrected chi connectivity index (χ3v) is 7.51. The van der Waals surface area contributed by atoms with Gasteiger partial charge < -0.3 is 30.0 Å². The molecule has 5 rings (SSSR count). The van der Waals surface area contributed by atoms with Gasteiger partial charge in [0.25, 0.3) is 0 Å². The van der Waals surface area contributed by atoms with Gasteiger partial charge in [0.2, 0.25) is 0 Å². The molecular formula is C29H32N4O4. The van der Waals surface area contributed by atoms with Crippen molar-refractivity contribution >= 4 is 5.82 Å². The number of ether oxygens (including phenoxy) is 3. The average molecular weight is 501 g/mol. The molecule has 37 heavy (non-hydrogen) atoms. The van der Waals surface area contributed by atoms with Crippen LogP contribution in [0, 0.1) is 17.3 Å². The summed E-state index contributed by atoms with van der Waals surface area (Å²) in [5.74, 6) is 8.49. The number of hydrogen-bond acceptors (Lipinski definition) is 8. The molecule has 2 aliphatic rings. The van der Waals surface area contributed by atoms with Crippen LogP contribution >= 0.6 is 0 Å². The summed E-state index contributed by atoms with van der Waals surface area (Å²) in [5.41, 5.74) is 10.5. The van der Waals surface area contributed by atoms with E-state index in [-0.39, 0.29) is 24.7 Å². The van der Waals surface area contributed by atoms with Crippen LogP contribution < -0.4 is 24.8 Å². The van der Waals surface area contributed by atoms with E-state index >= 15 is 0 Å². The van der Waals surface area contributed by atoms with Gasteiger partial charge in [-0.05, 0) is 53.9 Å². The van der Waals surface area contributed by atoms with Gasteiger partial charge in [-0.3, -0.25) is 0 Å². The van der Waals surface area contributed by atoms with Gasteiger partial charge >= 0.3 is 0 Å². The minimum Gasteiger partial charge on any atom is -0.493 e. The van der Waals surface area contributed by atoms with Gasteiger partial charge in [0.15, 0.2) is 17.3 Å². The topological polar surface area (TPSA) is 103 Å². The molecule has 2 aromatic carbocycles. The van der Waals surface area contributed by atoms with Crippen LogP contribution in [-0.4, -0.2) is 49.0 Å². The zero-order valence-corrected chi connectivity index (χ0v) is 21.2. The summed E-state index contributed by atoms with van der Waals surface area (Å²) in [6.07, 6.45) is 4.63. The van der Waals surface area contributed by atoms with Gasteiger partial charge in [-0.2, -0.15) is 0 Å². The molecule has 1 aliphatic heterocycles. The summed E-state index contributed by atoms with van der Waals surface area (Å²) in [7, 11) is 3.16. The number of anilines is 1. The van der Waals surface area contributed by atoms with Crippen molar-refractivity contribution in [1.29, 1.82) is 0 Å². The smallest absolute Gasteiger partial charge is 0.164 e. The summed E-state index contributed by atoms with van der Waals surface area (Å²) in [6.45, 7) is 1.62. The zero-order chi connectivity index (χ0) is 25.8. The van der Waals surface area contributed by atoms with Crippen molar-refractivity contribution in [3.05, 3.63) is 71.2 Å². The molecule has 1 fully saturated rings. The van der Waals surface area contributed by atoms with Gasteiger partial charge in [-0.1, -0.05) is 30.2 Å². The van der Waals surface area contributed by atoms with Crippen molar-refractivity contribution in [2.24, 2.45) is 11.1 Å². The molecule has 0 bridgehead atoms. The Morgan fingerprint density at radius 3 is 2.62 bits per heavy atom. The summed E-state index contributed by atoms with van der Waals surface area (Å²) < 4.78 is 16.2. The lowest BCUT2D eigenvalue weighted by Gasteiger charge is -2.42. The van der Waals surface area contributed by atoms with E-state index in [0.29, 0.717) is 34.5 Å². The summed E-state index contributed by atoms with van der Waals surface area (Å²) in [4.78, 5) is 11.4. The van der Waals surface area contributed by atoms with E-state index in [0.717, 1.165) is 32.4 Å². The third-order valence-electron chi connectivity index (χ3n) is 7.51. The quantitative estimate of drug-likeness (QED) is 0.497. The van der Waals surface area contributed by atoms with Crippen molar-refractivity contribution in [3.63, 3.8) is 0 Å². The normalized spacial score (nSPS) is 17.6. The molecule has 8 heteroatoms. The van der Waals surface area contributed by atoms with Gasteiger partial charge in [0.05, 0.1) is 27.0 Å². The molecule has 1 spiro atoms. The molecule has 0 unspecified atom stereocenters. The number of aromatic nitrogens is 2. The molecule has 1 saturated heterocycles. The van der Waals surface area contributed by atoms with Crippen LogP contribution in [-0.2, 0) is 13.0 Å². The largest absolute Gasteiger partial charge is 0.493 e. The van der Waals surface area contributed by atoms with E-state index in [1.54, 1.807) is 38.6 Å². The highest BCUT2D eigenvalue weighted by molar-refractivity contribution is 5.48. The fourth-order valence-corrected chi connectivity index (χ4v) is 5.47. The monoisotopic (exact) mass is 500 g/mol. The number of piperidine rings is 1. The Kier molecular flexibility index (Phi) is 7.17. The molecule has 3 N–H and O–H groups in total. The number of aliphatic hydroxyl groups is 1. The first-order chi connectivity index (χ1) is 18.1. The predicted molar refractivity (Wildman–Crippen MR) is 141 cm³/mol. The SMILES string of the molecule is COc1ccc(OCC#Cc2cnc(N3CCC4(CC3)Cc3ccccc3[C@H]4N)c(CO)n2)cc1OC. The number of fused-ring (bicyclic) bond motifs is 1. The van der Waals surface area contributed by atoms with Crippen molar-refractivity contribution in [2.45, 2.75) is 31.9 Å². The van der Waals surface area contributed by atoms with Crippen LogP contribution in [0.3, 0.4) is 0 Å². The van der Waals surface area contributed by atoms with Gasteiger partial charge in [0.1, 0.15) is 23.7 Å². The average Bonchev–Trinajstić information content (AvgIpc) is 3.22. The fraction of sp³-hybridized carbons (Fsp3) is 0.379. The van der Waals surface area contributed by atoms with Crippen LogP contribution in [0.2, 0.25) is 0 Å². The molecule has 1 atom stereocenters. The summed E-state index contributed by atoms with van der Waals surface area (Å²) in [6, 6.07) is 13.9. The first-order valence-corrected chi connectivity index (χ1v) is 12.5. The molecule has 3 aromatic rings. The van der Waals surface area contributed by atoms with Crippen LogP contribution in [0.15, 0.2) is 48.7 Å². The van der Waals surface area contributed by atoms with Gasteiger partial charge in [-0.25, -0.2) is 9.97 Å². The highest BCUT2D eigenvalue weighted by atomic mass is 16.5. The molecule has 8 nitrogen and oxygen atoms in total. The van der Waals surface area contributed by atoms with Crippen LogP contribution in [0.5, 0.6) is 17.2 Å². The highest BCUT2D eigenvalue weighted by Gasteiger charge is 2.46. The lowest BCUT2D eigenvalue weighted by atomic mass is 9.73. The Balaban J connectivity index is 1.21. The molecule has 192 valence electrons. The lowest BCUT2D eigenvalue weighted by Crippen LogP contribution is -2.45. The third kappa shape index (κ3) is 4.93. The molecule has 0 radical (unpaired) electrons. The first-order valence-electron chi connectivity index (χ1n) is 12.5. The molecule has 1 aliphatic carbocycles. The number of methoxy groups -OCH3 is 2. The number of aliphatic hydroxyl groups excluding tert-OH is 1. The highest BCUT2D eigenvalue weighted by Crippen LogP contribution is 2.51. The second-order valence-electron chi connectivity index (χ2n) is 9.49. The second-order valence-corrected chi connectivity index (χ2v) is 9.49. The molecule has 1 aromatic heterocycles. The Hall–Kier alpha value is -3.80. The second kappa shape index (κ2) is 10.7. The summed E-state index contributed by atoms with van der Waals surface area (Å²) >= 11 is 0. The Morgan fingerprint density at radius 2 is 1.89 bits per heavy atom. The van der Waals surface area contributed by atoms with Crippen LogP contribution in [0.1, 0.15) is 41.4 Å². The van der Waals surface area contributed by atoms with E-state index < -0.39 is 0 Å². The van der Waals surface area contributed by atoms with Crippen molar-refractivity contribution in [2.75, 3.05) is 38.8 Å². The summed E-state index contributed by atoms with van der Waals surface area (Å²) in [5, 5.41) is 10.0. The fourth-order valence-electron chi connectivity index (χ4n) is 5.47. The molecule has 0 saturated carbocycles. The number of rotatable bonds is 6. The molecule has 0 amide bonds. The van der Waals surface area contributed by atoms with Crippen LogP contribution in [0.4, 0.5) is 5.82 Å². The van der Waals surface area contributed by atoms with Crippen LogP contribution in [0.25, 0.3) is 0 Å². The van der Waals surface area contributed by atoms with E-state index in [1.165, 1.54) is 11.1 Å². The van der Waals surface area contributed by atoms with Crippen molar-refractivity contribution in [3.8, 4) is 29.1 Å². The minimum atomic E-state index is -0.202. The maximum Gasteiger partial charge on any atom is 0.164 e. The van der Waals surface area contributed by atoms with Gasteiger partial charge in [-0.15, -0.1) is 0 Å². The van der Waals surface area contributed by atoms with Crippen molar-refractivity contribution < 1.29 is 19.3 Å². The maximum atomic E-state index is 10.0. The van der Waals surface area contributed by atoms with E-state index in [1.807, 2.05) is 0 Å². The number of nitrogens with two attached hydrogens (primary N) is 1. The first kappa shape index (κ1) is 24.9. The molecule has 2 heterocycles. The Morgan fingerprint density at radius 1 is 1.11 bits per heavy atom. The standard InChI is InChI=1S/C29H32N4O4/c1-35-25-10-9-22(16-26(25)36-2)37-15-5-7-21-18-31-28(24(19-34)32-21)33-13-11-29(12-14-33)17-20-6-3-4-8-23(20)27(29)30/h3-4,6,8-10,16,18,27,34H,11-15,17,19,30H2,1-2H3/t27-/m1/s1. The van der Waals surface area contributed by atoms with E-state index in [2.05, 4.69) is 51.0 Å². The number of benzene rings is 2. The lowest BCUT2D eigenvalue weighted by molar-refractivity contribution is 0.186. The maximum absolute atomic E-state index is 10.0. The number of nitrogens with zero attached hydrogens (tertiary/aromatic N) is 3. The predicted octanol–water partition coefficient (Wildman–Crippen LogP) is 3.26. The minimum absolute atomic E-state index is 0.0631. The van der Waals surface area contributed by atoms with E-state index in [9.17, 15) is 5.11 Å². The number of hydrogen-bond donors (Lipinski definition) is 2. The van der Waals surface area contributed by atoms with Gasteiger partial charge in [0, 0.05) is 25.2 Å². The Labute approximate surface area is 217 Å². The Bertz CT molecular complexity index is 1320. The zero-order valence-electron chi connectivity index (χ0n) is 21.2. The van der Waals surface area contributed by atoms with Crippen molar-refractivity contribution in [1.82, 2.24) is 9.97 Å².